The Morgan fingerprint density at radius 1 is 1.00 bits per heavy atom. The van der Waals surface area contributed by atoms with Crippen molar-refractivity contribution in [2.24, 2.45) is 4.99 Å². The van der Waals surface area contributed by atoms with Crippen LogP contribution in [0.4, 0.5) is 10.5 Å². The number of aliphatic imine (C=N–C) groups is 1. The molecule has 0 bridgehead atoms. The van der Waals surface area contributed by atoms with Gasteiger partial charge < -0.3 is 20.9 Å². The Bertz CT molecular complexity index is 791. The fraction of sp³-hybridized carbons (Fsp3) is 0.364. The van der Waals surface area contributed by atoms with Crippen LogP contribution in [0.5, 0.6) is 0 Å². The second-order valence-electron chi connectivity index (χ2n) is 6.86. The number of hydrogen-bond acceptors (Lipinski definition) is 2. The molecule has 2 aromatic rings. The number of nitrogens with zero attached hydrogens (tertiary/aromatic N) is 2. The summed E-state index contributed by atoms with van der Waals surface area (Å²) in [7, 11) is 0. The number of nitrogens with one attached hydrogen (secondary N) is 3. The van der Waals surface area contributed by atoms with Crippen LogP contribution in [0.2, 0.25) is 0 Å². The van der Waals surface area contributed by atoms with Crippen molar-refractivity contribution in [3.8, 4) is 0 Å². The van der Waals surface area contributed by atoms with Gasteiger partial charge in [0.05, 0.1) is 6.54 Å². The summed E-state index contributed by atoms with van der Waals surface area (Å²) in [6.45, 7) is 5.79. The number of carbonyl (C=O) groups excluding carboxylic acids is 1. The van der Waals surface area contributed by atoms with E-state index < -0.39 is 0 Å². The van der Waals surface area contributed by atoms with Gasteiger partial charge in [-0.2, -0.15) is 0 Å². The number of rotatable bonds is 6. The quantitative estimate of drug-likeness (QED) is 0.312. The Morgan fingerprint density at radius 3 is 2.45 bits per heavy atom. The summed E-state index contributed by atoms with van der Waals surface area (Å²) in [5.41, 5.74) is 3.07. The van der Waals surface area contributed by atoms with E-state index in [9.17, 15) is 4.79 Å². The SMILES string of the molecule is CCNC(=NCc1cccc(NC(=O)N2CCCC2)c1)NCc1ccccc1.I. The summed E-state index contributed by atoms with van der Waals surface area (Å²) < 4.78 is 0. The molecule has 0 aromatic heterocycles. The van der Waals surface area contributed by atoms with Crippen LogP contribution in [0.25, 0.3) is 0 Å². The molecule has 0 radical (unpaired) electrons. The van der Waals surface area contributed by atoms with E-state index >= 15 is 0 Å². The van der Waals surface area contributed by atoms with Crippen LogP contribution in [0.1, 0.15) is 30.9 Å². The standard InChI is InChI=1S/C22H29N5O.HI/c1-2-23-21(24-16-18-9-4-3-5-10-18)25-17-19-11-8-12-20(15-19)26-22(28)27-13-6-7-14-27;/h3-5,8-12,15H,2,6-7,13-14,16-17H2,1H3,(H,26,28)(H2,23,24,25);1H. The van der Waals surface area contributed by atoms with Crippen molar-refractivity contribution < 1.29 is 4.79 Å². The molecular weight excluding hydrogens is 477 g/mol. The molecule has 29 heavy (non-hydrogen) atoms. The van der Waals surface area contributed by atoms with Gasteiger partial charge in [0, 0.05) is 31.9 Å². The van der Waals surface area contributed by atoms with Crippen LogP contribution in [-0.4, -0.2) is 36.5 Å². The molecule has 6 nitrogen and oxygen atoms in total. The number of hydrogen-bond donors (Lipinski definition) is 3. The first-order chi connectivity index (χ1) is 13.7. The monoisotopic (exact) mass is 507 g/mol. The van der Waals surface area contributed by atoms with Crippen molar-refractivity contribution in [1.29, 1.82) is 0 Å². The zero-order valence-corrected chi connectivity index (χ0v) is 19.2. The lowest BCUT2D eigenvalue weighted by Gasteiger charge is -2.16. The highest BCUT2D eigenvalue weighted by molar-refractivity contribution is 14.0. The van der Waals surface area contributed by atoms with Crippen LogP contribution in [0, 0.1) is 0 Å². The van der Waals surface area contributed by atoms with E-state index in [0.717, 1.165) is 56.2 Å². The topological polar surface area (TPSA) is 68.8 Å². The Balaban J connectivity index is 0.00000300. The summed E-state index contributed by atoms with van der Waals surface area (Å²) >= 11 is 0. The van der Waals surface area contributed by atoms with Gasteiger partial charge in [-0.1, -0.05) is 42.5 Å². The Kier molecular flexibility index (Phi) is 9.76. The first-order valence-electron chi connectivity index (χ1n) is 9.95. The van der Waals surface area contributed by atoms with E-state index in [-0.39, 0.29) is 30.0 Å². The number of likely N-dealkylation sites (tertiary alicyclic amines) is 1. The second kappa shape index (κ2) is 12.3. The molecule has 7 heteroatoms. The maximum absolute atomic E-state index is 12.3. The maximum Gasteiger partial charge on any atom is 0.321 e. The molecule has 1 aliphatic heterocycles. The largest absolute Gasteiger partial charge is 0.357 e. The lowest BCUT2D eigenvalue weighted by Crippen LogP contribution is -2.36. The van der Waals surface area contributed by atoms with E-state index in [4.69, 9.17) is 0 Å². The van der Waals surface area contributed by atoms with Crippen LogP contribution in [0.3, 0.4) is 0 Å². The third-order valence-corrected chi connectivity index (χ3v) is 4.64. The molecule has 1 aliphatic rings. The number of amides is 2. The first-order valence-corrected chi connectivity index (χ1v) is 9.95. The van der Waals surface area contributed by atoms with Crippen molar-refractivity contribution in [3.63, 3.8) is 0 Å². The minimum Gasteiger partial charge on any atom is -0.357 e. The lowest BCUT2D eigenvalue weighted by molar-refractivity contribution is 0.222. The molecule has 3 N–H and O–H groups in total. The number of benzene rings is 2. The van der Waals surface area contributed by atoms with E-state index in [1.54, 1.807) is 0 Å². The average Bonchev–Trinajstić information content (AvgIpc) is 3.26. The van der Waals surface area contributed by atoms with Crippen molar-refractivity contribution in [3.05, 3.63) is 65.7 Å². The molecule has 2 amide bonds. The van der Waals surface area contributed by atoms with Gasteiger partial charge in [-0.15, -0.1) is 24.0 Å². The predicted octanol–water partition coefficient (Wildman–Crippen LogP) is 4.19. The molecule has 0 saturated carbocycles. The fourth-order valence-electron chi connectivity index (χ4n) is 3.16. The van der Waals surface area contributed by atoms with Gasteiger partial charge in [0.1, 0.15) is 0 Å². The number of carbonyl (C=O) groups is 1. The molecule has 0 spiro atoms. The van der Waals surface area contributed by atoms with Crippen LogP contribution in [0.15, 0.2) is 59.6 Å². The van der Waals surface area contributed by atoms with E-state index in [2.05, 4.69) is 33.1 Å². The first kappa shape index (κ1) is 23.0. The van der Waals surface area contributed by atoms with Gasteiger partial charge in [0.25, 0.3) is 0 Å². The van der Waals surface area contributed by atoms with E-state index in [1.807, 2.05) is 54.3 Å². The highest BCUT2D eigenvalue weighted by Crippen LogP contribution is 2.14. The normalized spacial score (nSPS) is 13.6. The zero-order chi connectivity index (χ0) is 19.6. The Labute approximate surface area is 190 Å². The fourth-order valence-corrected chi connectivity index (χ4v) is 3.16. The van der Waals surface area contributed by atoms with E-state index in [1.165, 1.54) is 5.56 Å². The molecule has 1 heterocycles. The minimum absolute atomic E-state index is 0. The number of urea groups is 1. The smallest absolute Gasteiger partial charge is 0.321 e. The average molecular weight is 507 g/mol. The molecule has 0 aliphatic carbocycles. The molecule has 0 unspecified atom stereocenters. The van der Waals surface area contributed by atoms with E-state index in [0.29, 0.717) is 6.54 Å². The summed E-state index contributed by atoms with van der Waals surface area (Å²) in [4.78, 5) is 18.8. The molecular formula is C22H30IN5O. The van der Waals surface area contributed by atoms with Crippen molar-refractivity contribution in [1.82, 2.24) is 15.5 Å². The third kappa shape index (κ3) is 7.56. The van der Waals surface area contributed by atoms with Gasteiger partial charge in [0.15, 0.2) is 5.96 Å². The van der Waals surface area contributed by atoms with Crippen molar-refractivity contribution in [2.45, 2.75) is 32.9 Å². The molecule has 156 valence electrons. The van der Waals surface area contributed by atoms with Gasteiger partial charge in [-0.25, -0.2) is 9.79 Å². The molecule has 0 atom stereocenters. The minimum atomic E-state index is -0.0176. The third-order valence-electron chi connectivity index (χ3n) is 4.64. The van der Waals surface area contributed by atoms with Gasteiger partial charge in [-0.05, 0) is 43.0 Å². The maximum atomic E-state index is 12.3. The molecule has 3 rings (SSSR count). The highest BCUT2D eigenvalue weighted by atomic mass is 127. The summed E-state index contributed by atoms with van der Waals surface area (Å²) in [5.74, 6) is 0.776. The molecule has 1 fully saturated rings. The molecule has 2 aromatic carbocycles. The summed E-state index contributed by atoms with van der Waals surface area (Å²) in [6.07, 6.45) is 2.18. The van der Waals surface area contributed by atoms with Crippen LogP contribution < -0.4 is 16.0 Å². The predicted molar refractivity (Wildman–Crippen MR) is 130 cm³/mol. The van der Waals surface area contributed by atoms with Crippen molar-refractivity contribution >= 4 is 41.7 Å². The highest BCUT2D eigenvalue weighted by Gasteiger charge is 2.17. The number of halogens is 1. The second-order valence-corrected chi connectivity index (χ2v) is 6.86. The summed E-state index contributed by atoms with van der Waals surface area (Å²) in [6, 6.07) is 18.1. The van der Waals surface area contributed by atoms with Crippen LogP contribution >= 0.6 is 24.0 Å². The van der Waals surface area contributed by atoms with Gasteiger partial charge in [-0.3, -0.25) is 0 Å². The number of anilines is 1. The Morgan fingerprint density at radius 2 is 1.72 bits per heavy atom. The summed E-state index contributed by atoms with van der Waals surface area (Å²) in [5, 5.41) is 9.61. The number of guanidine groups is 1. The van der Waals surface area contributed by atoms with Crippen molar-refractivity contribution in [2.75, 3.05) is 25.0 Å². The molecule has 1 saturated heterocycles. The van der Waals surface area contributed by atoms with Gasteiger partial charge >= 0.3 is 6.03 Å². The van der Waals surface area contributed by atoms with Gasteiger partial charge in [0.2, 0.25) is 0 Å². The van der Waals surface area contributed by atoms with Crippen LogP contribution in [-0.2, 0) is 13.1 Å². The lowest BCUT2D eigenvalue weighted by atomic mass is 10.2. The zero-order valence-electron chi connectivity index (χ0n) is 16.9. The Hall–Kier alpha value is -2.29.